The zero-order chi connectivity index (χ0) is 88.4. The van der Waals surface area contributed by atoms with E-state index >= 15 is 0 Å². The Kier molecular flexibility index (Phi) is 32.4. The summed E-state index contributed by atoms with van der Waals surface area (Å²) in [6.45, 7) is 19.8. The molecular weight excluding hydrogens is 1600 g/mol. The Morgan fingerprint density at radius 2 is 1.19 bits per heavy atom. The molecule has 1 unspecified atom stereocenters. The lowest BCUT2D eigenvalue weighted by molar-refractivity contribution is -0.387. The Hall–Kier alpha value is -14.5. The molecule has 9 atom stereocenters. The number of carbonyl (C=O) groups excluding carboxylic acids is 12. The van der Waals surface area contributed by atoms with Gasteiger partial charge in [0, 0.05) is 74.2 Å². The van der Waals surface area contributed by atoms with Gasteiger partial charge in [0.2, 0.25) is 30.1 Å². The van der Waals surface area contributed by atoms with Crippen LogP contribution >= 0.6 is 0 Å². The Morgan fingerprint density at radius 3 is 1.80 bits per heavy atom. The Labute approximate surface area is 698 Å². The number of hydrogen-bond acceptors (Lipinski definition) is 28. The van der Waals surface area contributed by atoms with Gasteiger partial charge in [-0.1, -0.05) is 95.3 Å². The number of ether oxygens (including phenoxy) is 13. The van der Waals surface area contributed by atoms with Crippen LogP contribution in [0.15, 0.2) is 167 Å². The summed E-state index contributed by atoms with van der Waals surface area (Å²) < 4.78 is 74.2. The fourth-order valence-electron chi connectivity index (χ4n) is 12.8. The lowest BCUT2D eigenvalue weighted by Gasteiger charge is -2.42. The molecule has 648 valence electrons. The van der Waals surface area contributed by atoms with E-state index in [0.717, 1.165) is 40.8 Å². The molecule has 3 aliphatic rings. The number of alkyl carbamates (subject to hydrolysis) is 1. The van der Waals surface area contributed by atoms with Crippen LogP contribution in [0.3, 0.4) is 0 Å². The molecule has 2 aromatic heterocycles. The molecule has 39 nitrogen and oxygen atoms in total. The maximum absolute atomic E-state index is 14.6. The highest BCUT2D eigenvalue weighted by atomic mass is 16.8. The number of benzene rings is 4. The molecule has 0 saturated carbocycles. The summed E-state index contributed by atoms with van der Waals surface area (Å²) in [5.74, 6) is -5.36. The third-order valence-electron chi connectivity index (χ3n) is 18.7. The molecule has 9 rings (SSSR count). The minimum absolute atomic E-state index is 0.0226. The number of nitrogens with one attached hydrogen (secondary N) is 6. The molecule has 2 saturated heterocycles. The van der Waals surface area contributed by atoms with Crippen LogP contribution in [0.5, 0.6) is 17.2 Å². The van der Waals surface area contributed by atoms with E-state index in [4.69, 9.17) is 61.6 Å². The highest BCUT2D eigenvalue weighted by Gasteiger charge is 2.58. The molecule has 122 heavy (non-hydrogen) atoms. The predicted molar refractivity (Wildman–Crippen MR) is 435 cm³/mol. The molecule has 39 heteroatoms. The van der Waals surface area contributed by atoms with Crippen molar-refractivity contribution in [1.29, 1.82) is 0 Å². The molecule has 0 bridgehead atoms. The number of piperidine rings is 1. The molecule has 3 aliphatic heterocycles. The van der Waals surface area contributed by atoms with Crippen molar-refractivity contribution in [2.45, 2.75) is 115 Å². The van der Waals surface area contributed by atoms with Crippen molar-refractivity contribution < 1.29 is 129 Å². The van der Waals surface area contributed by atoms with Gasteiger partial charge < -0.3 is 113 Å². The fourth-order valence-corrected chi connectivity index (χ4v) is 12.8. The fraction of sp³-hybridized carbons (Fsp3) is 0.349. The van der Waals surface area contributed by atoms with Crippen molar-refractivity contribution in [2.24, 2.45) is 20.0 Å². The van der Waals surface area contributed by atoms with Gasteiger partial charge in [-0.2, -0.15) is 0 Å². The van der Waals surface area contributed by atoms with E-state index in [1.54, 1.807) is 99.5 Å². The van der Waals surface area contributed by atoms with Crippen molar-refractivity contribution in [3.05, 3.63) is 199 Å². The van der Waals surface area contributed by atoms with Gasteiger partial charge in [0.15, 0.2) is 41.8 Å². The van der Waals surface area contributed by atoms with E-state index in [9.17, 15) is 72.8 Å². The van der Waals surface area contributed by atoms with Crippen LogP contribution in [0.25, 0.3) is 11.1 Å². The SMILES string of the molecule is C=CCOC(=O)N[C@H](C(=O)N[C@@H](C)C(=O)Nc1ccc(NC(=O)c2cc(-c3ccc(NC(=O)c4cc(NC(=O)CCCOc5cc6c(cc5OC)C(=O)N5CCCC[C@H]5C(O)N6C(=O)OCc5ccc(O[C@@H]6O[C@H](C(=O)OCC=C)[C@@H](OC(=O)OCC=C)[C@H](OC(=O)OCC=C)[C@H]6OC(=O)OCC=C)c([N+](=O)[O-])c5)cn4C)cc3)cn2C)cc1)C(C)C. The Balaban J connectivity index is 0.816. The number of carbonyl (C=O) groups is 12. The third-order valence-corrected chi connectivity index (χ3v) is 18.7. The second-order valence-electron chi connectivity index (χ2n) is 27.7. The lowest BCUT2D eigenvalue weighted by atomic mass is 9.98. The maximum Gasteiger partial charge on any atom is 0.509 e. The van der Waals surface area contributed by atoms with E-state index in [-0.39, 0.29) is 78.9 Å². The van der Waals surface area contributed by atoms with Crippen molar-refractivity contribution >= 4 is 106 Å². The van der Waals surface area contributed by atoms with Gasteiger partial charge in [-0.05, 0) is 110 Å². The number of aliphatic hydroxyl groups is 1. The summed E-state index contributed by atoms with van der Waals surface area (Å²) in [5.41, 5.74) is 2.26. The number of rotatable bonds is 37. The molecule has 5 heterocycles. The predicted octanol–water partition coefficient (Wildman–Crippen LogP) is 10.1. The van der Waals surface area contributed by atoms with Crippen LogP contribution in [-0.4, -0.2) is 204 Å². The number of nitro groups is 1. The molecule has 0 spiro atoms. The first-order valence-corrected chi connectivity index (χ1v) is 38.1. The van der Waals surface area contributed by atoms with Crippen LogP contribution in [0.1, 0.15) is 89.8 Å². The van der Waals surface area contributed by atoms with E-state index < -0.39 is 177 Å². The normalized spacial score (nSPS) is 17.4. The molecule has 2 fully saturated rings. The second-order valence-corrected chi connectivity index (χ2v) is 27.7. The number of aliphatic hydroxyl groups excluding tert-OH is 1. The summed E-state index contributed by atoms with van der Waals surface area (Å²) in [6, 6.07) is 19.3. The van der Waals surface area contributed by atoms with Crippen molar-refractivity contribution in [1.82, 2.24) is 24.7 Å². The highest BCUT2D eigenvalue weighted by molar-refractivity contribution is 6.07. The molecule has 6 aromatic rings. The standard InChI is InChI=1S/C83H93N11O28/c1-12-33-112-77(102)69-67(120-81(105)114-35-14-3)68(121-82(106)115-36-15-4)70(122-83(107)116-37-16-5)78(119-69)118-62-31-22-49(39-59(62)94(108)109)46-117-80(104)93-58-43-64(63(110-11)42-56(58)75(100)92-32-18-17-20-57(92)76(93)101)111-38-19-21-65(95)85-55-41-61(91(10)45-55)73(98)87-52-25-23-50(24-26-52)51-40-60(90(9)44-51)72(97)88-54-29-27-53(28-30-54)86-71(96)48(8)84-74(99)66(47(6)7)89-79(103)113-34-13-2/h12-16,22-31,39-45,47-48,57,66-70,76,78,101H,1-5,17-21,32-38,46H2,6-11H3,(H,84,99)(H,85,95)(H,86,96)(H,87,98)(H,88,97)(H,89,103)/t48-,57-,66-,67-,68-,69-,70+,76?,78+/m0/s1. The minimum Gasteiger partial charge on any atom is -0.493 e. The largest absolute Gasteiger partial charge is 0.509 e. The Morgan fingerprint density at radius 1 is 0.615 bits per heavy atom. The van der Waals surface area contributed by atoms with Crippen LogP contribution < -0.4 is 51.0 Å². The van der Waals surface area contributed by atoms with E-state index in [2.05, 4.69) is 64.8 Å². The van der Waals surface area contributed by atoms with E-state index in [0.29, 0.717) is 46.8 Å². The van der Waals surface area contributed by atoms with Crippen LogP contribution in [0, 0.1) is 16.0 Å². The molecule has 4 aromatic carbocycles. The average Bonchev–Trinajstić information content (AvgIpc) is 1.44. The quantitative estimate of drug-likeness (QED) is 0.00476. The Bertz CT molecular complexity index is 4910. The minimum atomic E-state index is -2.23. The number of aromatic nitrogens is 2. The number of amides is 8. The first-order valence-electron chi connectivity index (χ1n) is 38.1. The van der Waals surface area contributed by atoms with Crippen molar-refractivity contribution in [3.8, 4) is 28.4 Å². The van der Waals surface area contributed by atoms with Gasteiger partial charge in [0.1, 0.15) is 63.1 Å². The number of anilines is 5. The first-order chi connectivity index (χ1) is 58.5. The van der Waals surface area contributed by atoms with Gasteiger partial charge in [-0.25, -0.2) is 33.7 Å². The summed E-state index contributed by atoms with van der Waals surface area (Å²) in [5, 5.41) is 41.5. The number of nitro benzene ring substituents is 1. The number of hydrogen-bond donors (Lipinski definition) is 7. The topological polar surface area (TPSA) is 477 Å². The van der Waals surface area contributed by atoms with Gasteiger partial charge in [-0.3, -0.25) is 38.9 Å². The molecular formula is C83H93N11O28. The number of methoxy groups -OCH3 is 1. The summed E-state index contributed by atoms with van der Waals surface area (Å²) in [6.07, 6.45) is -8.42. The van der Waals surface area contributed by atoms with Gasteiger partial charge in [0.25, 0.3) is 17.7 Å². The summed E-state index contributed by atoms with van der Waals surface area (Å²) in [4.78, 5) is 176. The molecule has 8 amide bonds. The zero-order valence-corrected chi connectivity index (χ0v) is 67.4. The first kappa shape index (κ1) is 91.4. The molecule has 7 N–H and O–H groups in total. The average molecular weight is 1690 g/mol. The van der Waals surface area contributed by atoms with E-state index in [1.807, 2.05) is 0 Å². The summed E-state index contributed by atoms with van der Waals surface area (Å²) in [7, 11) is 4.64. The van der Waals surface area contributed by atoms with Gasteiger partial charge in [0.05, 0.1) is 41.6 Å². The number of fused-ring (bicyclic) bond motifs is 2. The van der Waals surface area contributed by atoms with Crippen LogP contribution in [0.4, 0.5) is 58.1 Å². The summed E-state index contributed by atoms with van der Waals surface area (Å²) >= 11 is 0. The van der Waals surface area contributed by atoms with Crippen molar-refractivity contribution in [2.75, 3.05) is 79.5 Å². The van der Waals surface area contributed by atoms with Gasteiger partial charge >= 0.3 is 42.3 Å². The number of nitrogens with zero attached hydrogens (tertiary/aromatic N) is 5. The second kappa shape index (κ2) is 43.3. The van der Waals surface area contributed by atoms with Crippen molar-refractivity contribution in [3.63, 3.8) is 0 Å². The third kappa shape index (κ3) is 23.9. The van der Waals surface area contributed by atoms with E-state index in [1.165, 1.54) is 59.9 Å². The number of aryl methyl sites for hydroxylation is 2. The smallest absolute Gasteiger partial charge is 0.493 e. The monoisotopic (exact) mass is 1690 g/mol. The van der Waals surface area contributed by atoms with Crippen LogP contribution in [0.2, 0.25) is 0 Å². The lowest BCUT2D eigenvalue weighted by Crippen LogP contribution is -2.64. The van der Waals surface area contributed by atoms with Crippen LogP contribution in [-0.2, 0) is 87.2 Å². The maximum atomic E-state index is 14.6. The zero-order valence-electron chi connectivity index (χ0n) is 67.4. The number of esters is 1. The van der Waals surface area contributed by atoms with Gasteiger partial charge in [-0.15, -0.1) is 0 Å². The highest BCUT2D eigenvalue weighted by Crippen LogP contribution is 2.43. The molecule has 0 aliphatic carbocycles. The molecule has 0 radical (unpaired) electrons.